The Morgan fingerprint density at radius 3 is 2.84 bits per heavy atom. The lowest BCUT2D eigenvalue weighted by Crippen LogP contribution is -2.13. The molecule has 0 aliphatic rings. The van der Waals surface area contributed by atoms with Crippen LogP contribution in [0.2, 0.25) is 5.15 Å². The van der Waals surface area contributed by atoms with E-state index in [4.69, 9.17) is 11.6 Å². The summed E-state index contributed by atoms with van der Waals surface area (Å²) < 4.78 is 0. The molecule has 2 aromatic heterocycles. The first-order valence-electron chi connectivity index (χ1n) is 5.02. The van der Waals surface area contributed by atoms with Crippen LogP contribution in [0.5, 0.6) is 0 Å². The second kappa shape index (κ2) is 5.29. The monoisotopic (exact) mass is 298 g/mol. The topological polar surface area (TPSA) is 98.0 Å². The van der Waals surface area contributed by atoms with Crippen molar-refractivity contribution in [2.75, 3.05) is 5.32 Å². The molecule has 7 nitrogen and oxygen atoms in total. The maximum Gasteiger partial charge on any atom is 0.311 e. The number of rotatable bonds is 3. The Kier molecular flexibility index (Phi) is 3.72. The first-order chi connectivity index (χ1) is 8.97. The van der Waals surface area contributed by atoms with Crippen LogP contribution in [-0.4, -0.2) is 20.8 Å². The third-order valence-electron chi connectivity index (χ3n) is 2.11. The van der Waals surface area contributed by atoms with Crippen molar-refractivity contribution in [2.24, 2.45) is 0 Å². The zero-order valence-corrected chi connectivity index (χ0v) is 11.2. The number of carbonyl (C=O) groups excluding carboxylic acids is 1. The fourth-order valence-corrected chi connectivity index (χ4v) is 2.12. The van der Waals surface area contributed by atoms with Gasteiger partial charge >= 0.3 is 5.69 Å². The van der Waals surface area contributed by atoms with Crippen molar-refractivity contribution in [3.63, 3.8) is 0 Å². The molecule has 0 bridgehead atoms. The highest BCUT2D eigenvalue weighted by molar-refractivity contribution is 7.13. The van der Waals surface area contributed by atoms with E-state index in [1.54, 1.807) is 6.92 Å². The van der Waals surface area contributed by atoms with E-state index >= 15 is 0 Å². The average molecular weight is 299 g/mol. The van der Waals surface area contributed by atoms with Crippen molar-refractivity contribution in [1.82, 2.24) is 9.97 Å². The van der Waals surface area contributed by atoms with Crippen LogP contribution in [0.3, 0.4) is 0 Å². The van der Waals surface area contributed by atoms with E-state index in [0.29, 0.717) is 4.88 Å². The van der Waals surface area contributed by atoms with E-state index in [-0.39, 0.29) is 16.7 Å². The minimum atomic E-state index is -0.642. The van der Waals surface area contributed by atoms with Crippen molar-refractivity contribution in [1.29, 1.82) is 0 Å². The number of hydrogen-bond acceptors (Lipinski definition) is 6. The van der Waals surface area contributed by atoms with E-state index < -0.39 is 10.8 Å². The number of pyridine rings is 1. The molecule has 19 heavy (non-hydrogen) atoms. The van der Waals surface area contributed by atoms with Crippen molar-refractivity contribution in [2.45, 2.75) is 6.92 Å². The minimum absolute atomic E-state index is 0.0568. The van der Waals surface area contributed by atoms with Gasteiger partial charge in [-0.2, -0.15) is 0 Å². The summed E-state index contributed by atoms with van der Waals surface area (Å²) in [5, 5.41) is 14.0. The summed E-state index contributed by atoms with van der Waals surface area (Å²) in [5.41, 5.74) is -0.320. The summed E-state index contributed by atoms with van der Waals surface area (Å²) in [6.07, 6.45) is 1.39. The highest BCUT2D eigenvalue weighted by atomic mass is 35.5. The summed E-state index contributed by atoms with van der Waals surface area (Å²) in [6.45, 7) is 1.75. The number of thiazole rings is 1. The molecule has 2 rings (SSSR count). The molecule has 98 valence electrons. The number of aryl methyl sites for hydroxylation is 1. The third-order valence-corrected chi connectivity index (χ3v) is 3.24. The Bertz CT molecular complexity index is 658. The van der Waals surface area contributed by atoms with Gasteiger partial charge in [-0.05, 0) is 13.0 Å². The summed E-state index contributed by atoms with van der Waals surface area (Å²) in [6, 6.07) is 2.47. The van der Waals surface area contributed by atoms with E-state index in [1.807, 2.05) is 0 Å². The zero-order chi connectivity index (χ0) is 14.0. The lowest BCUT2D eigenvalue weighted by Gasteiger charge is -2.03. The van der Waals surface area contributed by atoms with Crippen LogP contribution in [0, 0.1) is 17.0 Å². The second-order valence-corrected chi connectivity index (χ2v) is 5.08. The van der Waals surface area contributed by atoms with Gasteiger partial charge in [0.1, 0.15) is 10.0 Å². The summed E-state index contributed by atoms with van der Waals surface area (Å²) >= 11 is 6.84. The molecule has 0 aliphatic heterocycles. The highest BCUT2D eigenvalue weighted by Gasteiger charge is 2.19. The molecule has 0 radical (unpaired) electrons. The number of carbonyl (C=O) groups is 1. The largest absolute Gasteiger partial charge is 0.311 e. The van der Waals surface area contributed by atoms with E-state index in [1.165, 1.54) is 29.7 Å². The van der Waals surface area contributed by atoms with Gasteiger partial charge in [-0.3, -0.25) is 20.2 Å². The number of nitrogens with one attached hydrogen (secondary N) is 1. The molecule has 9 heteroatoms. The van der Waals surface area contributed by atoms with Gasteiger partial charge in [0, 0.05) is 6.07 Å². The molecule has 0 saturated heterocycles. The molecule has 2 aromatic rings. The average Bonchev–Trinajstić information content (AvgIpc) is 2.75. The number of anilines is 1. The van der Waals surface area contributed by atoms with Crippen LogP contribution in [0.1, 0.15) is 14.7 Å². The first kappa shape index (κ1) is 13.4. The van der Waals surface area contributed by atoms with Crippen molar-refractivity contribution >= 4 is 40.4 Å². The highest BCUT2D eigenvalue weighted by Crippen LogP contribution is 2.25. The van der Waals surface area contributed by atoms with Crippen LogP contribution in [0.4, 0.5) is 11.5 Å². The molecule has 0 unspecified atom stereocenters. The molecule has 0 aromatic carbocycles. The van der Waals surface area contributed by atoms with Crippen LogP contribution in [-0.2, 0) is 0 Å². The standard InChI is InChI=1S/C10H7ClN4O3S/c1-5-12-4-7(19-5)10(16)14-9-6(15(17)18)2-3-8(11)13-9/h2-4H,1H3,(H,13,14,16). The van der Waals surface area contributed by atoms with Gasteiger partial charge in [-0.15, -0.1) is 11.3 Å². The van der Waals surface area contributed by atoms with Crippen LogP contribution >= 0.6 is 22.9 Å². The second-order valence-electron chi connectivity index (χ2n) is 3.46. The number of aromatic nitrogens is 2. The molecule has 1 amide bonds. The molecule has 0 aliphatic carbocycles. The lowest BCUT2D eigenvalue weighted by molar-refractivity contribution is -0.384. The number of hydrogen-bond donors (Lipinski definition) is 1. The quantitative estimate of drug-likeness (QED) is 0.533. The first-order valence-corrected chi connectivity index (χ1v) is 6.21. The number of nitrogens with zero attached hydrogens (tertiary/aromatic N) is 3. The molecule has 1 N–H and O–H groups in total. The molecule has 0 atom stereocenters. The van der Waals surface area contributed by atoms with Gasteiger partial charge in [0.15, 0.2) is 0 Å². The Hall–Kier alpha value is -2.06. The van der Waals surface area contributed by atoms with Crippen LogP contribution in [0.25, 0.3) is 0 Å². The lowest BCUT2D eigenvalue weighted by atomic mass is 10.4. The number of nitro groups is 1. The van der Waals surface area contributed by atoms with Gasteiger partial charge in [0.2, 0.25) is 5.82 Å². The van der Waals surface area contributed by atoms with Gasteiger partial charge in [0.05, 0.1) is 16.1 Å². The zero-order valence-electron chi connectivity index (χ0n) is 9.58. The van der Waals surface area contributed by atoms with E-state index in [9.17, 15) is 14.9 Å². The van der Waals surface area contributed by atoms with E-state index in [2.05, 4.69) is 15.3 Å². The fraction of sp³-hybridized carbons (Fsp3) is 0.100. The predicted molar refractivity (Wildman–Crippen MR) is 70.7 cm³/mol. The summed E-state index contributed by atoms with van der Waals surface area (Å²) in [7, 11) is 0. The Morgan fingerprint density at radius 2 is 2.26 bits per heavy atom. The summed E-state index contributed by atoms with van der Waals surface area (Å²) in [5.74, 6) is -0.697. The Balaban J connectivity index is 2.30. The normalized spacial score (nSPS) is 10.2. The molecule has 2 heterocycles. The van der Waals surface area contributed by atoms with Gasteiger partial charge in [-0.25, -0.2) is 9.97 Å². The summed E-state index contributed by atoms with van der Waals surface area (Å²) in [4.78, 5) is 30.1. The van der Waals surface area contributed by atoms with Crippen molar-refractivity contribution in [3.8, 4) is 0 Å². The van der Waals surface area contributed by atoms with Crippen LogP contribution < -0.4 is 5.32 Å². The Labute approximate surface area is 116 Å². The maximum atomic E-state index is 11.9. The number of halogens is 1. The van der Waals surface area contributed by atoms with Gasteiger partial charge < -0.3 is 0 Å². The van der Waals surface area contributed by atoms with Crippen molar-refractivity contribution < 1.29 is 9.72 Å². The maximum absolute atomic E-state index is 11.9. The van der Waals surface area contributed by atoms with Crippen molar-refractivity contribution in [3.05, 3.63) is 43.5 Å². The van der Waals surface area contributed by atoms with Gasteiger partial charge in [-0.1, -0.05) is 11.6 Å². The Morgan fingerprint density at radius 1 is 1.53 bits per heavy atom. The molecule has 0 saturated carbocycles. The molecular formula is C10H7ClN4O3S. The molecular weight excluding hydrogens is 292 g/mol. The van der Waals surface area contributed by atoms with Gasteiger partial charge in [0.25, 0.3) is 5.91 Å². The predicted octanol–water partition coefficient (Wildman–Crippen LogP) is 2.66. The fourth-order valence-electron chi connectivity index (χ4n) is 1.30. The van der Waals surface area contributed by atoms with Crippen LogP contribution in [0.15, 0.2) is 18.3 Å². The smallest absolute Gasteiger partial charge is 0.300 e. The van der Waals surface area contributed by atoms with E-state index in [0.717, 1.165) is 5.01 Å². The SMILES string of the molecule is Cc1ncc(C(=O)Nc2nc(Cl)ccc2[N+](=O)[O-])s1. The minimum Gasteiger partial charge on any atom is -0.300 e. The molecule has 0 fully saturated rings. The third kappa shape index (κ3) is 3.04. The number of amides is 1. The molecule has 0 spiro atoms.